The van der Waals surface area contributed by atoms with Gasteiger partial charge in [-0.2, -0.15) is 0 Å². The maximum atomic E-state index is 11.4. The summed E-state index contributed by atoms with van der Waals surface area (Å²) < 4.78 is 5.60. The van der Waals surface area contributed by atoms with Gasteiger partial charge >= 0.3 is 5.97 Å². The minimum Gasteiger partial charge on any atom is -0.463 e. The molecule has 0 bridgehead atoms. The fraction of sp³-hybridized carbons (Fsp3) is 0.958. The lowest BCUT2D eigenvalue weighted by Crippen LogP contribution is -2.55. The van der Waals surface area contributed by atoms with E-state index in [1.165, 1.54) is 44.9 Å². The normalized spacial score (nSPS) is 47.3. The molecule has 0 aromatic heterocycles. The Morgan fingerprint density at radius 2 is 1.72 bits per heavy atom. The Hall–Kier alpha value is -1.13. The highest BCUT2D eigenvalue weighted by Gasteiger charge is 2.61. The topological polar surface area (TPSA) is 59.0 Å². The van der Waals surface area contributed by atoms with Crippen LogP contribution in [-0.4, -0.2) is 30.2 Å². The molecule has 9 atom stereocenters. The average molecular weight is 405 g/mol. The molecule has 4 saturated carbocycles. The third kappa shape index (κ3) is 3.31. The minimum atomic E-state index is -0.123. The standard InChI is InChI=1S/C24H40N2O3/c1-15(26(5)25-28)20-8-9-21-19-7-6-17-14-18(29-16(2)27)10-12-23(17,3)22(19)11-13-24(20,21)4/h15,17-22H,6-14H2,1-5H3/t15-,17+,18-,19+,20-,21-,22-,23+,24+/m1/s1. The Labute approximate surface area is 176 Å². The number of carbonyl (C=O) groups is 1. The number of nitrogens with zero attached hydrogens (tertiary/aromatic N) is 2. The first-order valence-corrected chi connectivity index (χ1v) is 11.9. The number of hydrogen-bond donors (Lipinski definition) is 0. The number of fused-ring (bicyclic) bond motifs is 5. The van der Waals surface area contributed by atoms with Crippen molar-refractivity contribution in [2.45, 2.75) is 97.6 Å². The molecule has 5 heteroatoms. The van der Waals surface area contributed by atoms with Crippen molar-refractivity contribution in [3.63, 3.8) is 0 Å². The van der Waals surface area contributed by atoms with Gasteiger partial charge in [0.25, 0.3) is 0 Å². The first-order chi connectivity index (χ1) is 13.7. The highest BCUT2D eigenvalue weighted by atomic mass is 16.5. The molecule has 4 aliphatic carbocycles. The third-order valence-electron chi connectivity index (χ3n) is 10.3. The molecule has 29 heavy (non-hydrogen) atoms. The number of nitroso groups, excluding NO2 is 1. The third-order valence-corrected chi connectivity index (χ3v) is 10.3. The Bertz CT molecular complexity index is 654. The minimum absolute atomic E-state index is 0.123. The van der Waals surface area contributed by atoms with Crippen LogP contribution in [0.3, 0.4) is 0 Å². The lowest BCUT2D eigenvalue weighted by atomic mass is 9.44. The van der Waals surface area contributed by atoms with E-state index in [0.717, 1.165) is 30.6 Å². The number of rotatable bonds is 4. The molecule has 0 aliphatic heterocycles. The van der Waals surface area contributed by atoms with Crippen molar-refractivity contribution in [1.82, 2.24) is 5.01 Å². The van der Waals surface area contributed by atoms with E-state index in [0.29, 0.717) is 22.7 Å². The van der Waals surface area contributed by atoms with E-state index in [4.69, 9.17) is 4.74 Å². The summed E-state index contributed by atoms with van der Waals surface area (Å²) in [6.07, 6.45) is 11.2. The van der Waals surface area contributed by atoms with Gasteiger partial charge in [0.2, 0.25) is 0 Å². The van der Waals surface area contributed by atoms with E-state index in [-0.39, 0.29) is 18.1 Å². The van der Waals surface area contributed by atoms with Crippen molar-refractivity contribution < 1.29 is 9.53 Å². The molecule has 4 rings (SSSR count). The van der Waals surface area contributed by atoms with Gasteiger partial charge in [0.1, 0.15) is 6.10 Å². The molecule has 4 fully saturated rings. The fourth-order valence-corrected chi connectivity index (χ4v) is 8.73. The molecule has 164 valence electrons. The van der Waals surface area contributed by atoms with E-state index in [9.17, 15) is 9.70 Å². The SMILES string of the molecule is CC(=O)O[C@@H]1CC[C@@]2(C)[C@@H](CC[C@H]3[C@H]4CC[C@H]([C@@H](C)N(C)N=O)[C@]4(C)CC[C@H]32)C1. The van der Waals surface area contributed by atoms with Crippen molar-refractivity contribution in [3.8, 4) is 0 Å². The Morgan fingerprint density at radius 1 is 1.03 bits per heavy atom. The Balaban J connectivity index is 1.51. The molecule has 0 N–H and O–H groups in total. The van der Waals surface area contributed by atoms with E-state index in [1.54, 1.807) is 11.9 Å². The fourth-order valence-electron chi connectivity index (χ4n) is 8.73. The Morgan fingerprint density at radius 3 is 2.41 bits per heavy atom. The van der Waals surface area contributed by atoms with Gasteiger partial charge in [-0.3, -0.25) is 9.80 Å². The summed E-state index contributed by atoms with van der Waals surface area (Å²) in [4.78, 5) is 22.6. The molecule has 0 saturated heterocycles. The van der Waals surface area contributed by atoms with Crippen LogP contribution >= 0.6 is 0 Å². The molecule has 0 spiro atoms. The van der Waals surface area contributed by atoms with Gasteiger partial charge in [-0.05, 0) is 105 Å². The maximum Gasteiger partial charge on any atom is 0.302 e. The van der Waals surface area contributed by atoms with Crippen molar-refractivity contribution in [1.29, 1.82) is 0 Å². The number of esters is 1. The highest BCUT2D eigenvalue weighted by Crippen LogP contribution is 2.68. The lowest BCUT2D eigenvalue weighted by Gasteiger charge is -2.61. The molecule has 0 heterocycles. The van der Waals surface area contributed by atoms with E-state index in [1.807, 2.05) is 7.05 Å². The molecule has 4 aliphatic rings. The highest BCUT2D eigenvalue weighted by molar-refractivity contribution is 5.66. The van der Waals surface area contributed by atoms with Crippen molar-refractivity contribution in [3.05, 3.63) is 4.91 Å². The summed E-state index contributed by atoms with van der Waals surface area (Å²) in [5.41, 5.74) is 0.753. The van der Waals surface area contributed by atoms with Gasteiger partial charge in [0.05, 0.1) is 11.3 Å². The van der Waals surface area contributed by atoms with Crippen LogP contribution in [0.15, 0.2) is 5.29 Å². The largest absolute Gasteiger partial charge is 0.463 e. The van der Waals surface area contributed by atoms with Crippen LogP contribution in [0.5, 0.6) is 0 Å². The van der Waals surface area contributed by atoms with E-state index >= 15 is 0 Å². The second kappa shape index (κ2) is 7.53. The van der Waals surface area contributed by atoms with Gasteiger partial charge in [0.15, 0.2) is 0 Å². The first-order valence-electron chi connectivity index (χ1n) is 11.9. The molecular formula is C24H40N2O3. The van der Waals surface area contributed by atoms with E-state index in [2.05, 4.69) is 26.1 Å². The zero-order valence-electron chi connectivity index (χ0n) is 19.0. The Kier molecular flexibility index (Phi) is 5.48. The van der Waals surface area contributed by atoms with Crippen LogP contribution in [0.4, 0.5) is 0 Å². The molecule has 5 nitrogen and oxygen atoms in total. The lowest BCUT2D eigenvalue weighted by molar-refractivity contribution is -0.160. The number of ether oxygens (including phenoxy) is 1. The predicted octanol–water partition coefficient (Wildman–Crippen LogP) is 5.58. The summed E-state index contributed by atoms with van der Waals surface area (Å²) in [7, 11) is 1.84. The van der Waals surface area contributed by atoms with Gasteiger partial charge in [-0.1, -0.05) is 13.8 Å². The first kappa shape index (κ1) is 21.1. The zero-order valence-corrected chi connectivity index (χ0v) is 19.0. The van der Waals surface area contributed by atoms with Crippen LogP contribution in [0.25, 0.3) is 0 Å². The quantitative estimate of drug-likeness (QED) is 0.349. The summed E-state index contributed by atoms with van der Waals surface area (Å²) in [5.74, 6) is 3.58. The van der Waals surface area contributed by atoms with Crippen LogP contribution in [0.1, 0.15) is 85.5 Å². The predicted molar refractivity (Wildman–Crippen MR) is 114 cm³/mol. The van der Waals surface area contributed by atoms with Crippen LogP contribution in [0.2, 0.25) is 0 Å². The number of carbonyl (C=O) groups excluding carboxylic acids is 1. The number of hydrogen-bond acceptors (Lipinski definition) is 4. The average Bonchev–Trinajstić information content (AvgIpc) is 3.03. The molecule has 0 unspecified atom stereocenters. The van der Waals surface area contributed by atoms with Gasteiger partial charge in [-0.15, -0.1) is 4.91 Å². The molecular weight excluding hydrogens is 364 g/mol. The van der Waals surface area contributed by atoms with Crippen molar-refractivity contribution >= 4 is 5.97 Å². The molecule has 0 radical (unpaired) electrons. The van der Waals surface area contributed by atoms with Crippen LogP contribution < -0.4 is 0 Å². The smallest absolute Gasteiger partial charge is 0.302 e. The second-order valence-corrected chi connectivity index (χ2v) is 11.3. The van der Waals surface area contributed by atoms with Crippen LogP contribution in [0, 0.1) is 45.3 Å². The maximum absolute atomic E-state index is 11.4. The molecule has 0 aromatic rings. The molecule has 0 aromatic carbocycles. The summed E-state index contributed by atoms with van der Waals surface area (Å²) >= 11 is 0. The molecule has 0 amide bonds. The summed E-state index contributed by atoms with van der Waals surface area (Å²) in [6.45, 7) is 8.81. The van der Waals surface area contributed by atoms with Crippen LogP contribution in [-0.2, 0) is 9.53 Å². The van der Waals surface area contributed by atoms with Gasteiger partial charge in [0, 0.05) is 14.0 Å². The monoisotopic (exact) mass is 404 g/mol. The summed E-state index contributed by atoms with van der Waals surface area (Å²) in [5, 5.41) is 4.87. The van der Waals surface area contributed by atoms with Crippen molar-refractivity contribution in [2.75, 3.05) is 7.05 Å². The summed E-state index contributed by atoms with van der Waals surface area (Å²) in [6, 6.07) is 0.227. The zero-order chi connectivity index (χ0) is 21.0. The van der Waals surface area contributed by atoms with Gasteiger partial charge < -0.3 is 4.74 Å². The van der Waals surface area contributed by atoms with E-state index < -0.39 is 0 Å². The van der Waals surface area contributed by atoms with Crippen molar-refractivity contribution in [2.24, 2.45) is 45.7 Å². The van der Waals surface area contributed by atoms with Gasteiger partial charge in [-0.25, -0.2) is 0 Å². The second-order valence-electron chi connectivity index (χ2n) is 11.3.